The lowest BCUT2D eigenvalue weighted by Crippen LogP contribution is -2.63. The number of ether oxygens (including phenoxy) is 1. The van der Waals surface area contributed by atoms with Gasteiger partial charge < -0.3 is 20.5 Å². The summed E-state index contributed by atoms with van der Waals surface area (Å²) in [4.78, 5) is 23.2. The van der Waals surface area contributed by atoms with Crippen LogP contribution in [0.1, 0.15) is 39.0 Å². The van der Waals surface area contributed by atoms with Gasteiger partial charge in [-0.05, 0) is 25.7 Å². The Hall–Kier alpha value is -1.30. The van der Waals surface area contributed by atoms with Crippen molar-refractivity contribution in [2.45, 2.75) is 50.1 Å². The van der Waals surface area contributed by atoms with E-state index >= 15 is 0 Å². The van der Waals surface area contributed by atoms with Gasteiger partial charge in [0.05, 0.1) is 6.61 Å². The number of hydrogen-bond donors (Lipinski definition) is 3. The summed E-state index contributed by atoms with van der Waals surface area (Å²) in [6.07, 6.45) is 4.23. The SMILES string of the molecule is CCC1(NC(=O)NC2(C(=O)O)CCOC2)CCC1. The van der Waals surface area contributed by atoms with E-state index < -0.39 is 17.5 Å². The second-order valence-electron chi connectivity index (χ2n) is 5.26. The van der Waals surface area contributed by atoms with E-state index in [4.69, 9.17) is 4.74 Å². The van der Waals surface area contributed by atoms with Crippen molar-refractivity contribution in [2.24, 2.45) is 0 Å². The molecule has 1 saturated heterocycles. The molecule has 2 aliphatic rings. The van der Waals surface area contributed by atoms with Gasteiger partial charge in [-0.1, -0.05) is 6.92 Å². The lowest BCUT2D eigenvalue weighted by Gasteiger charge is -2.42. The highest BCUT2D eigenvalue weighted by Crippen LogP contribution is 2.34. The van der Waals surface area contributed by atoms with Crippen molar-refractivity contribution in [3.63, 3.8) is 0 Å². The van der Waals surface area contributed by atoms with Crippen LogP contribution in [0.3, 0.4) is 0 Å². The number of amides is 2. The van der Waals surface area contributed by atoms with Gasteiger partial charge in [0.25, 0.3) is 0 Å². The molecule has 2 rings (SSSR count). The standard InChI is InChI=1S/C12H20N2O4/c1-2-11(4-3-5-11)13-10(17)14-12(9(15)16)6-7-18-8-12/h2-8H2,1H3,(H,15,16)(H2,13,14,17). The van der Waals surface area contributed by atoms with Gasteiger partial charge in [0.1, 0.15) is 0 Å². The number of aliphatic carboxylic acids is 1. The highest BCUT2D eigenvalue weighted by Gasteiger charge is 2.45. The van der Waals surface area contributed by atoms with E-state index in [9.17, 15) is 14.7 Å². The summed E-state index contributed by atoms with van der Waals surface area (Å²) in [5, 5.41) is 14.7. The van der Waals surface area contributed by atoms with Crippen LogP contribution < -0.4 is 10.6 Å². The molecule has 18 heavy (non-hydrogen) atoms. The van der Waals surface area contributed by atoms with Crippen LogP contribution in [0.25, 0.3) is 0 Å². The highest BCUT2D eigenvalue weighted by atomic mass is 16.5. The maximum absolute atomic E-state index is 11.9. The first kappa shape index (κ1) is 13.1. The van der Waals surface area contributed by atoms with Crippen LogP contribution >= 0.6 is 0 Å². The van der Waals surface area contributed by atoms with Crippen LogP contribution in [0, 0.1) is 0 Å². The normalized spacial score (nSPS) is 29.4. The third-order valence-electron chi connectivity index (χ3n) is 4.15. The Bertz CT molecular complexity index is 340. The molecule has 6 heteroatoms. The molecule has 1 aliphatic carbocycles. The second kappa shape index (κ2) is 4.76. The Morgan fingerprint density at radius 3 is 2.39 bits per heavy atom. The van der Waals surface area contributed by atoms with Gasteiger partial charge in [-0.3, -0.25) is 0 Å². The first-order valence-electron chi connectivity index (χ1n) is 6.43. The van der Waals surface area contributed by atoms with Gasteiger partial charge in [0.2, 0.25) is 0 Å². The number of rotatable bonds is 4. The highest BCUT2D eigenvalue weighted by molar-refractivity contribution is 5.87. The summed E-state index contributed by atoms with van der Waals surface area (Å²) in [6, 6.07) is -0.399. The zero-order valence-corrected chi connectivity index (χ0v) is 10.6. The Balaban J connectivity index is 1.95. The lowest BCUT2D eigenvalue weighted by molar-refractivity contribution is -0.144. The Kier molecular flexibility index (Phi) is 3.47. The van der Waals surface area contributed by atoms with Crippen molar-refractivity contribution < 1.29 is 19.4 Å². The number of carbonyl (C=O) groups excluding carboxylic acids is 1. The smallest absolute Gasteiger partial charge is 0.332 e. The summed E-state index contributed by atoms with van der Waals surface area (Å²) < 4.78 is 5.10. The summed E-state index contributed by atoms with van der Waals surface area (Å²) >= 11 is 0. The number of carboxylic acid groups (broad SMARTS) is 1. The van der Waals surface area contributed by atoms with Crippen molar-refractivity contribution in [2.75, 3.05) is 13.2 Å². The van der Waals surface area contributed by atoms with Crippen LogP contribution in [-0.4, -0.2) is 41.4 Å². The number of urea groups is 1. The first-order valence-corrected chi connectivity index (χ1v) is 6.43. The number of hydrogen-bond acceptors (Lipinski definition) is 3. The van der Waals surface area contributed by atoms with E-state index in [0.29, 0.717) is 13.0 Å². The molecule has 1 saturated carbocycles. The molecular weight excluding hydrogens is 236 g/mol. The number of carboxylic acids is 1. The molecule has 2 fully saturated rings. The quantitative estimate of drug-likeness (QED) is 0.696. The van der Waals surface area contributed by atoms with Gasteiger partial charge >= 0.3 is 12.0 Å². The van der Waals surface area contributed by atoms with Crippen LogP contribution in [-0.2, 0) is 9.53 Å². The molecule has 2 amide bonds. The number of carbonyl (C=O) groups is 2. The minimum absolute atomic E-state index is 0.0366. The van der Waals surface area contributed by atoms with E-state index in [-0.39, 0.29) is 12.1 Å². The minimum Gasteiger partial charge on any atom is -0.479 e. The van der Waals surface area contributed by atoms with Crippen LogP contribution in [0.15, 0.2) is 0 Å². The summed E-state index contributed by atoms with van der Waals surface area (Å²) in [5.41, 5.74) is -1.40. The lowest BCUT2D eigenvalue weighted by atomic mass is 9.75. The fourth-order valence-corrected chi connectivity index (χ4v) is 2.55. The van der Waals surface area contributed by atoms with Crippen LogP contribution in [0.5, 0.6) is 0 Å². The molecule has 1 aliphatic heterocycles. The molecule has 0 aromatic rings. The topological polar surface area (TPSA) is 87.7 Å². The largest absolute Gasteiger partial charge is 0.479 e. The molecule has 6 nitrogen and oxygen atoms in total. The van der Waals surface area contributed by atoms with E-state index in [1.54, 1.807) is 0 Å². The third kappa shape index (κ3) is 2.29. The Labute approximate surface area is 106 Å². The third-order valence-corrected chi connectivity index (χ3v) is 4.15. The molecular formula is C12H20N2O4. The molecule has 1 atom stereocenters. The van der Waals surface area contributed by atoms with E-state index in [2.05, 4.69) is 10.6 Å². The average Bonchev–Trinajstić information content (AvgIpc) is 2.73. The monoisotopic (exact) mass is 256 g/mol. The molecule has 0 spiro atoms. The molecule has 0 radical (unpaired) electrons. The maximum Gasteiger partial charge on any atom is 0.332 e. The molecule has 1 unspecified atom stereocenters. The van der Waals surface area contributed by atoms with E-state index in [1.165, 1.54) is 0 Å². The van der Waals surface area contributed by atoms with Crippen LogP contribution in [0.2, 0.25) is 0 Å². The van der Waals surface area contributed by atoms with Crippen molar-refractivity contribution in [1.29, 1.82) is 0 Å². The number of nitrogens with one attached hydrogen (secondary N) is 2. The summed E-state index contributed by atoms with van der Waals surface area (Å²) in [6.45, 7) is 2.44. The first-order chi connectivity index (χ1) is 8.52. The van der Waals surface area contributed by atoms with Gasteiger partial charge in [-0.25, -0.2) is 9.59 Å². The maximum atomic E-state index is 11.9. The fourth-order valence-electron chi connectivity index (χ4n) is 2.55. The molecule has 102 valence electrons. The Morgan fingerprint density at radius 1 is 1.28 bits per heavy atom. The summed E-state index contributed by atoms with van der Waals surface area (Å²) in [7, 11) is 0. The van der Waals surface area contributed by atoms with Crippen molar-refractivity contribution in [3.05, 3.63) is 0 Å². The second-order valence-corrected chi connectivity index (χ2v) is 5.26. The summed E-state index contributed by atoms with van der Waals surface area (Å²) in [5.74, 6) is -1.03. The van der Waals surface area contributed by atoms with Crippen molar-refractivity contribution in [1.82, 2.24) is 10.6 Å². The predicted molar refractivity (Wildman–Crippen MR) is 64.3 cm³/mol. The van der Waals surface area contributed by atoms with Gasteiger partial charge in [-0.2, -0.15) is 0 Å². The zero-order valence-electron chi connectivity index (χ0n) is 10.6. The molecule has 3 N–H and O–H groups in total. The molecule has 0 aromatic carbocycles. The van der Waals surface area contributed by atoms with E-state index in [1.807, 2.05) is 6.92 Å². The average molecular weight is 256 g/mol. The molecule has 0 aromatic heterocycles. The zero-order chi connectivity index (χ0) is 13.2. The van der Waals surface area contributed by atoms with Crippen molar-refractivity contribution in [3.8, 4) is 0 Å². The fraction of sp³-hybridized carbons (Fsp3) is 0.833. The van der Waals surface area contributed by atoms with Crippen LogP contribution in [0.4, 0.5) is 4.79 Å². The molecule has 1 heterocycles. The van der Waals surface area contributed by atoms with Gasteiger partial charge in [0.15, 0.2) is 5.54 Å². The van der Waals surface area contributed by atoms with Crippen molar-refractivity contribution >= 4 is 12.0 Å². The van der Waals surface area contributed by atoms with Gasteiger partial charge in [0, 0.05) is 18.6 Å². The Morgan fingerprint density at radius 2 is 2.00 bits per heavy atom. The molecule has 0 bridgehead atoms. The minimum atomic E-state index is -1.26. The van der Waals surface area contributed by atoms with Gasteiger partial charge in [-0.15, -0.1) is 0 Å². The van der Waals surface area contributed by atoms with E-state index in [0.717, 1.165) is 25.7 Å². The predicted octanol–water partition coefficient (Wildman–Crippen LogP) is 0.862.